The average Bonchev–Trinajstić information content (AvgIpc) is 2.95. The Kier molecular flexibility index (Phi) is 4.16. The second-order valence-electron chi connectivity index (χ2n) is 5.72. The van der Waals surface area contributed by atoms with E-state index in [9.17, 15) is 0 Å². The van der Waals surface area contributed by atoms with Gasteiger partial charge in [0.25, 0.3) is 0 Å². The normalized spacial score (nSPS) is 12.8. The van der Waals surface area contributed by atoms with Crippen LogP contribution >= 0.6 is 24.0 Å². The predicted octanol–water partition coefficient (Wildman–Crippen LogP) is 5.15. The molecule has 0 fully saturated rings. The number of H-pyrrole nitrogens is 1. The van der Waals surface area contributed by atoms with Gasteiger partial charge in [-0.05, 0) is 42.9 Å². The second kappa shape index (κ2) is 6.45. The van der Waals surface area contributed by atoms with Crippen LogP contribution in [0, 0.1) is 4.77 Å². The largest absolute Gasteiger partial charge is 0.332 e. The van der Waals surface area contributed by atoms with Crippen LogP contribution in [0.3, 0.4) is 0 Å². The highest BCUT2D eigenvalue weighted by atomic mass is 32.2. The summed E-state index contributed by atoms with van der Waals surface area (Å²) in [5.74, 6) is 0.971. The Morgan fingerprint density at radius 3 is 2.29 bits per heavy atom. The lowest BCUT2D eigenvalue weighted by Crippen LogP contribution is -2.22. The van der Waals surface area contributed by atoms with E-state index >= 15 is 0 Å². The van der Waals surface area contributed by atoms with Crippen LogP contribution in [0.25, 0.3) is 0 Å². The molecule has 4 rings (SSSR count). The molecular weight excluding hydrogens is 336 g/mol. The van der Waals surface area contributed by atoms with E-state index in [1.807, 2.05) is 11.8 Å². The van der Waals surface area contributed by atoms with Crippen molar-refractivity contribution in [3.8, 4) is 0 Å². The van der Waals surface area contributed by atoms with Crippen molar-refractivity contribution in [2.24, 2.45) is 0 Å². The lowest BCUT2D eigenvalue weighted by atomic mass is 10.2. The van der Waals surface area contributed by atoms with Crippen molar-refractivity contribution >= 4 is 35.4 Å². The van der Waals surface area contributed by atoms with Gasteiger partial charge in [-0.3, -0.25) is 5.10 Å². The molecule has 4 nitrogen and oxygen atoms in total. The third-order valence-electron chi connectivity index (χ3n) is 4.12. The molecule has 0 saturated heterocycles. The van der Waals surface area contributed by atoms with Crippen molar-refractivity contribution in [3.63, 3.8) is 0 Å². The van der Waals surface area contributed by atoms with Gasteiger partial charge >= 0.3 is 0 Å². The molecule has 0 spiro atoms. The van der Waals surface area contributed by atoms with Crippen molar-refractivity contribution in [1.29, 1.82) is 0 Å². The quantitative estimate of drug-likeness (QED) is 0.657. The van der Waals surface area contributed by atoms with Gasteiger partial charge in [0.05, 0.1) is 17.9 Å². The molecule has 0 atom stereocenters. The summed E-state index contributed by atoms with van der Waals surface area (Å²) in [6.45, 7) is 3.74. The molecule has 1 N–H and O–H groups in total. The number of fused-ring (bicyclic) bond motifs is 2. The molecule has 1 aromatic heterocycles. The van der Waals surface area contributed by atoms with Crippen LogP contribution in [0.4, 0.5) is 11.4 Å². The van der Waals surface area contributed by atoms with Crippen LogP contribution < -0.4 is 4.90 Å². The van der Waals surface area contributed by atoms with Gasteiger partial charge in [-0.1, -0.05) is 43.0 Å². The summed E-state index contributed by atoms with van der Waals surface area (Å²) >= 11 is 7.20. The van der Waals surface area contributed by atoms with E-state index in [1.54, 1.807) is 0 Å². The van der Waals surface area contributed by atoms with E-state index in [2.05, 4.69) is 75.1 Å². The third kappa shape index (κ3) is 2.65. The minimum absolute atomic E-state index is 0.694. The van der Waals surface area contributed by atoms with Crippen LogP contribution in [0.5, 0.6) is 0 Å². The Balaban J connectivity index is 1.79. The zero-order chi connectivity index (χ0) is 16.5. The van der Waals surface area contributed by atoms with Crippen LogP contribution in [0.15, 0.2) is 58.3 Å². The molecule has 3 aromatic rings. The first kappa shape index (κ1) is 15.5. The maximum atomic E-state index is 5.38. The van der Waals surface area contributed by atoms with Gasteiger partial charge in [-0.15, -0.1) is 0 Å². The van der Waals surface area contributed by atoms with Crippen LogP contribution in [-0.2, 0) is 13.1 Å². The Morgan fingerprint density at radius 2 is 1.67 bits per heavy atom. The zero-order valence-corrected chi connectivity index (χ0v) is 15.0. The van der Waals surface area contributed by atoms with Gasteiger partial charge < -0.3 is 9.47 Å². The van der Waals surface area contributed by atoms with E-state index in [0.717, 1.165) is 18.8 Å². The van der Waals surface area contributed by atoms with Crippen molar-refractivity contribution in [2.45, 2.75) is 36.2 Å². The molecule has 2 heterocycles. The van der Waals surface area contributed by atoms with E-state index < -0.39 is 0 Å². The zero-order valence-electron chi connectivity index (χ0n) is 13.4. The lowest BCUT2D eigenvalue weighted by molar-refractivity contribution is 0.628. The van der Waals surface area contributed by atoms with Gasteiger partial charge in [0, 0.05) is 16.3 Å². The number of para-hydroxylation sites is 2. The summed E-state index contributed by atoms with van der Waals surface area (Å²) in [5, 5.41) is 7.42. The van der Waals surface area contributed by atoms with Crippen molar-refractivity contribution in [3.05, 3.63) is 59.1 Å². The molecule has 122 valence electrons. The van der Waals surface area contributed by atoms with Crippen molar-refractivity contribution in [2.75, 3.05) is 4.90 Å². The number of hydrogen-bond donors (Lipinski definition) is 1. The highest BCUT2D eigenvalue weighted by Gasteiger charge is 2.24. The Hall–Kier alpha value is -2.05. The first-order chi connectivity index (χ1) is 11.8. The number of nitrogens with zero attached hydrogens (tertiary/aromatic N) is 3. The molecular formula is C18H18N4S2. The smallest absolute Gasteiger partial charge is 0.195 e. The van der Waals surface area contributed by atoms with Gasteiger partial charge in [0.2, 0.25) is 0 Å². The van der Waals surface area contributed by atoms with E-state index in [0.29, 0.717) is 11.3 Å². The monoisotopic (exact) mass is 354 g/mol. The lowest BCUT2D eigenvalue weighted by Gasteiger charge is -2.32. The number of benzene rings is 2. The summed E-state index contributed by atoms with van der Waals surface area (Å²) in [5.41, 5.74) is 2.44. The molecule has 24 heavy (non-hydrogen) atoms. The summed E-state index contributed by atoms with van der Waals surface area (Å²) in [6.07, 6.45) is 1.03. The Morgan fingerprint density at radius 1 is 1.04 bits per heavy atom. The van der Waals surface area contributed by atoms with Gasteiger partial charge in [-0.25, -0.2) is 0 Å². The van der Waals surface area contributed by atoms with Crippen molar-refractivity contribution < 1.29 is 0 Å². The fourth-order valence-corrected chi connectivity index (χ4v) is 4.36. The molecule has 1 aliphatic rings. The van der Waals surface area contributed by atoms with E-state index in [1.165, 1.54) is 21.2 Å². The SMILES string of the molecule is CCCn1c(CN2c3ccccc3Sc3ccccc32)n[nH]c1=S. The fourth-order valence-electron chi connectivity index (χ4n) is 3.02. The molecule has 0 bridgehead atoms. The molecule has 6 heteroatoms. The minimum Gasteiger partial charge on any atom is -0.332 e. The molecule has 0 radical (unpaired) electrons. The molecule has 1 aliphatic heterocycles. The molecule has 0 aliphatic carbocycles. The molecule has 0 amide bonds. The van der Waals surface area contributed by atoms with Crippen LogP contribution in [0.2, 0.25) is 0 Å². The number of aromatic amines is 1. The first-order valence-corrected chi connectivity index (χ1v) is 9.28. The van der Waals surface area contributed by atoms with E-state index in [4.69, 9.17) is 12.2 Å². The number of aromatic nitrogens is 3. The predicted molar refractivity (Wildman–Crippen MR) is 101 cm³/mol. The third-order valence-corrected chi connectivity index (χ3v) is 5.56. The second-order valence-corrected chi connectivity index (χ2v) is 7.19. The standard InChI is InChI=1S/C18H18N4S2/c1-2-11-21-17(19-20-18(21)23)12-22-13-7-3-5-9-15(13)24-16-10-6-4-8-14(16)22/h3-10H,2,11-12H2,1H3,(H,20,23). The Labute approximate surface area is 150 Å². The molecule has 2 aromatic carbocycles. The number of anilines is 2. The number of hydrogen-bond acceptors (Lipinski definition) is 4. The summed E-state index contributed by atoms with van der Waals surface area (Å²) in [7, 11) is 0. The number of rotatable bonds is 4. The van der Waals surface area contributed by atoms with Gasteiger partial charge in [0.1, 0.15) is 0 Å². The Bertz CT molecular complexity index is 883. The topological polar surface area (TPSA) is 36.9 Å². The molecule has 0 saturated carbocycles. The van der Waals surface area contributed by atoms with E-state index in [-0.39, 0.29) is 0 Å². The maximum absolute atomic E-state index is 5.38. The fraction of sp³-hybridized carbons (Fsp3) is 0.222. The average molecular weight is 355 g/mol. The highest BCUT2D eigenvalue weighted by molar-refractivity contribution is 7.99. The molecule has 0 unspecified atom stereocenters. The summed E-state index contributed by atoms with van der Waals surface area (Å²) < 4.78 is 2.79. The minimum atomic E-state index is 0.694. The summed E-state index contributed by atoms with van der Waals surface area (Å²) in [6, 6.07) is 17.0. The van der Waals surface area contributed by atoms with Gasteiger partial charge in [0.15, 0.2) is 10.6 Å². The van der Waals surface area contributed by atoms with Crippen LogP contribution in [-0.4, -0.2) is 14.8 Å². The number of nitrogens with one attached hydrogen (secondary N) is 1. The first-order valence-electron chi connectivity index (χ1n) is 8.05. The summed E-state index contributed by atoms with van der Waals surface area (Å²) in [4.78, 5) is 4.87. The van der Waals surface area contributed by atoms with Crippen LogP contribution in [0.1, 0.15) is 19.2 Å². The maximum Gasteiger partial charge on any atom is 0.195 e. The van der Waals surface area contributed by atoms with Gasteiger partial charge in [-0.2, -0.15) is 5.10 Å². The van der Waals surface area contributed by atoms with Crippen molar-refractivity contribution in [1.82, 2.24) is 14.8 Å². The highest BCUT2D eigenvalue weighted by Crippen LogP contribution is 2.48.